The van der Waals surface area contributed by atoms with Gasteiger partial charge in [0.15, 0.2) is 11.5 Å². The number of nitrogen functional groups attached to an aromatic ring is 1. The number of aryl methyl sites for hydroxylation is 1. The Balaban J connectivity index is 1.78. The molecule has 1 amide bonds. The number of nitrogens with one attached hydrogen (secondary N) is 1. The number of anilines is 2. The first kappa shape index (κ1) is 18.2. The topological polar surface area (TPSA) is 95.1 Å². The number of nitrogens with two attached hydrogens (primary N) is 1. The lowest BCUT2D eigenvalue weighted by atomic mass is 10.2. The predicted octanol–water partition coefficient (Wildman–Crippen LogP) is 3.31. The van der Waals surface area contributed by atoms with Crippen LogP contribution in [0, 0.1) is 6.92 Å². The molecule has 1 heterocycles. The third kappa shape index (κ3) is 4.35. The monoisotopic (exact) mass is 377 g/mol. The Bertz CT molecular complexity index is 950. The lowest BCUT2D eigenvalue weighted by Crippen LogP contribution is -2.17. The molecule has 0 spiro atoms. The summed E-state index contributed by atoms with van der Waals surface area (Å²) < 4.78 is 41.6. The van der Waals surface area contributed by atoms with Crippen LogP contribution in [0.15, 0.2) is 48.5 Å². The highest BCUT2D eigenvalue weighted by Crippen LogP contribution is 2.24. The number of ether oxygens (including phenoxy) is 1. The van der Waals surface area contributed by atoms with Gasteiger partial charge in [0, 0.05) is 5.69 Å². The number of nitrogens with zero attached hydrogens (tertiary/aromatic N) is 3. The van der Waals surface area contributed by atoms with E-state index in [1.807, 2.05) is 19.1 Å². The van der Waals surface area contributed by atoms with Crippen molar-refractivity contribution in [2.75, 3.05) is 11.1 Å². The molecule has 0 saturated carbocycles. The van der Waals surface area contributed by atoms with Crippen LogP contribution in [0.5, 0.6) is 5.75 Å². The highest BCUT2D eigenvalue weighted by atomic mass is 19.4. The van der Waals surface area contributed by atoms with Gasteiger partial charge in [-0.3, -0.25) is 4.79 Å². The average molecular weight is 377 g/mol. The van der Waals surface area contributed by atoms with Gasteiger partial charge in [-0.15, -0.1) is 18.3 Å². The van der Waals surface area contributed by atoms with Gasteiger partial charge in [0.2, 0.25) is 0 Å². The summed E-state index contributed by atoms with van der Waals surface area (Å²) in [5, 5.41) is 10.2. The summed E-state index contributed by atoms with van der Waals surface area (Å²) in [6.45, 7) is 1.92. The summed E-state index contributed by atoms with van der Waals surface area (Å²) in [6.07, 6.45) is -4.78. The third-order valence-electron chi connectivity index (χ3n) is 3.54. The van der Waals surface area contributed by atoms with E-state index >= 15 is 0 Å². The molecule has 0 aliphatic carbocycles. The highest BCUT2D eigenvalue weighted by molar-refractivity contribution is 6.05. The van der Waals surface area contributed by atoms with Crippen LogP contribution in [-0.4, -0.2) is 27.3 Å². The quantitative estimate of drug-likeness (QED) is 0.727. The Kier molecular flexibility index (Phi) is 4.72. The third-order valence-corrected chi connectivity index (χ3v) is 3.54. The van der Waals surface area contributed by atoms with Crippen molar-refractivity contribution in [3.05, 3.63) is 59.8 Å². The summed E-state index contributed by atoms with van der Waals surface area (Å²) in [5.74, 6) is -0.994. The summed E-state index contributed by atoms with van der Waals surface area (Å²) in [7, 11) is 0. The van der Waals surface area contributed by atoms with Crippen LogP contribution in [0.4, 0.5) is 24.7 Å². The SMILES string of the molecule is Cc1ccc(NC(=O)c2nnn(-c3ccc(OC(F)(F)F)cc3)c2N)cc1. The average Bonchev–Trinajstić information content (AvgIpc) is 2.98. The smallest absolute Gasteiger partial charge is 0.406 e. The van der Waals surface area contributed by atoms with Gasteiger partial charge in [0.25, 0.3) is 5.91 Å². The minimum absolute atomic E-state index is 0.0518. The number of carbonyl (C=O) groups excluding carboxylic acids is 1. The van der Waals surface area contributed by atoms with E-state index < -0.39 is 12.3 Å². The number of alkyl halides is 3. The molecule has 0 aliphatic heterocycles. The standard InChI is InChI=1S/C17H14F3N5O2/c1-10-2-4-11(5-3-10)22-16(26)14-15(21)25(24-23-14)12-6-8-13(9-7-12)27-17(18,19)20/h2-9H,21H2,1H3,(H,22,26). The lowest BCUT2D eigenvalue weighted by molar-refractivity contribution is -0.274. The molecule has 0 aliphatic rings. The second-order valence-electron chi connectivity index (χ2n) is 5.60. The fourth-order valence-electron chi connectivity index (χ4n) is 2.26. The zero-order valence-electron chi connectivity index (χ0n) is 14.0. The predicted molar refractivity (Wildman–Crippen MR) is 91.6 cm³/mol. The molecular weight excluding hydrogens is 363 g/mol. The van der Waals surface area contributed by atoms with Crippen molar-refractivity contribution in [1.82, 2.24) is 15.0 Å². The number of benzene rings is 2. The van der Waals surface area contributed by atoms with Gasteiger partial charge < -0.3 is 15.8 Å². The molecule has 0 bridgehead atoms. The normalized spacial score (nSPS) is 11.3. The van der Waals surface area contributed by atoms with E-state index in [1.165, 1.54) is 12.1 Å². The van der Waals surface area contributed by atoms with Crippen molar-refractivity contribution in [2.45, 2.75) is 13.3 Å². The molecule has 0 saturated heterocycles. The number of amides is 1. The number of rotatable bonds is 4. The molecule has 0 radical (unpaired) electrons. The summed E-state index contributed by atoms with van der Waals surface area (Å²) >= 11 is 0. The van der Waals surface area contributed by atoms with E-state index in [2.05, 4.69) is 20.4 Å². The summed E-state index contributed by atoms with van der Waals surface area (Å²) in [5.41, 5.74) is 7.74. The van der Waals surface area contributed by atoms with E-state index in [-0.39, 0.29) is 17.3 Å². The Hall–Kier alpha value is -3.56. The van der Waals surface area contributed by atoms with E-state index in [0.29, 0.717) is 11.4 Å². The van der Waals surface area contributed by atoms with Gasteiger partial charge in [-0.05, 0) is 43.3 Å². The number of hydrogen-bond donors (Lipinski definition) is 2. The first-order valence-electron chi connectivity index (χ1n) is 7.68. The minimum Gasteiger partial charge on any atom is -0.406 e. The Labute approximate surface area is 151 Å². The van der Waals surface area contributed by atoms with Gasteiger partial charge in [-0.2, -0.15) is 4.68 Å². The van der Waals surface area contributed by atoms with Crippen molar-refractivity contribution in [2.24, 2.45) is 0 Å². The van der Waals surface area contributed by atoms with E-state index in [9.17, 15) is 18.0 Å². The zero-order chi connectivity index (χ0) is 19.6. The van der Waals surface area contributed by atoms with Crippen LogP contribution in [0.2, 0.25) is 0 Å². The van der Waals surface area contributed by atoms with Crippen molar-refractivity contribution in [1.29, 1.82) is 0 Å². The van der Waals surface area contributed by atoms with Gasteiger partial charge >= 0.3 is 6.36 Å². The minimum atomic E-state index is -4.78. The summed E-state index contributed by atoms with van der Waals surface area (Å²) in [6, 6.07) is 12.0. The van der Waals surface area contributed by atoms with Crippen LogP contribution < -0.4 is 15.8 Å². The largest absolute Gasteiger partial charge is 0.573 e. The molecule has 0 atom stereocenters. The fraction of sp³-hybridized carbons (Fsp3) is 0.118. The molecule has 27 heavy (non-hydrogen) atoms. The number of aromatic nitrogens is 3. The lowest BCUT2D eigenvalue weighted by Gasteiger charge is -2.09. The highest BCUT2D eigenvalue weighted by Gasteiger charge is 2.31. The van der Waals surface area contributed by atoms with Gasteiger partial charge in [0.1, 0.15) is 5.75 Å². The van der Waals surface area contributed by atoms with Gasteiger partial charge in [0.05, 0.1) is 5.69 Å². The maximum absolute atomic E-state index is 12.3. The molecule has 0 unspecified atom stereocenters. The number of halogens is 3. The van der Waals surface area contributed by atoms with E-state index in [0.717, 1.165) is 22.4 Å². The zero-order valence-corrected chi connectivity index (χ0v) is 14.0. The van der Waals surface area contributed by atoms with Crippen molar-refractivity contribution >= 4 is 17.4 Å². The maximum Gasteiger partial charge on any atom is 0.573 e. The Morgan fingerprint density at radius 2 is 1.74 bits per heavy atom. The van der Waals surface area contributed by atoms with Crippen LogP contribution in [-0.2, 0) is 0 Å². The molecule has 3 rings (SSSR count). The van der Waals surface area contributed by atoms with Crippen molar-refractivity contribution in [3.63, 3.8) is 0 Å². The van der Waals surface area contributed by atoms with Crippen molar-refractivity contribution in [3.8, 4) is 11.4 Å². The first-order chi connectivity index (χ1) is 12.7. The summed E-state index contributed by atoms with van der Waals surface area (Å²) in [4.78, 5) is 12.3. The van der Waals surface area contributed by atoms with Crippen LogP contribution in [0.25, 0.3) is 5.69 Å². The molecular formula is C17H14F3N5O2. The van der Waals surface area contributed by atoms with Crippen LogP contribution in [0.1, 0.15) is 16.1 Å². The second kappa shape index (κ2) is 6.98. The first-order valence-corrected chi connectivity index (χ1v) is 7.68. The molecule has 7 nitrogen and oxygen atoms in total. The number of hydrogen-bond acceptors (Lipinski definition) is 5. The maximum atomic E-state index is 12.3. The van der Waals surface area contributed by atoms with E-state index in [4.69, 9.17) is 5.73 Å². The Morgan fingerprint density at radius 3 is 2.33 bits per heavy atom. The fourth-order valence-corrected chi connectivity index (χ4v) is 2.26. The molecule has 2 aromatic carbocycles. The molecule has 140 valence electrons. The molecule has 1 aromatic heterocycles. The Morgan fingerprint density at radius 1 is 1.11 bits per heavy atom. The number of carbonyl (C=O) groups is 1. The molecule has 0 fully saturated rings. The molecule has 10 heteroatoms. The molecule has 3 aromatic rings. The van der Waals surface area contributed by atoms with Crippen molar-refractivity contribution < 1.29 is 22.7 Å². The van der Waals surface area contributed by atoms with E-state index in [1.54, 1.807) is 12.1 Å². The van der Waals surface area contributed by atoms with Gasteiger partial charge in [-0.25, -0.2) is 0 Å². The van der Waals surface area contributed by atoms with Crippen LogP contribution >= 0.6 is 0 Å². The van der Waals surface area contributed by atoms with Crippen LogP contribution in [0.3, 0.4) is 0 Å². The molecule has 3 N–H and O–H groups in total. The second-order valence-corrected chi connectivity index (χ2v) is 5.60. The van der Waals surface area contributed by atoms with Gasteiger partial charge in [-0.1, -0.05) is 22.9 Å².